The van der Waals surface area contributed by atoms with E-state index in [4.69, 9.17) is 9.88 Å². The highest BCUT2D eigenvalue weighted by atomic mass is 32.2. The second-order valence-corrected chi connectivity index (χ2v) is 6.12. The van der Waals surface area contributed by atoms with E-state index in [0.717, 1.165) is 0 Å². The van der Waals surface area contributed by atoms with Crippen LogP contribution in [0.1, 0.15) is 12.1 Å². The number of primary sulfonamides is 1. The van der Waals surface area contributed by atoms with E-state index in [1.54, 1.807) is 13.0 Å². The lowest BCUT2D eigenvalue weighted by molar-refractivity contribution is -0.117. The van der Waals surface area contributed by atoms with Crippen LogP contribution in [-0.4, -0.2) is 43.2 Å². The van der Waals surface area contributed by atoms with Gasteiger partial charge in [-0.25, -0.2) is 18.5 Å². The number of anilines is 1. The summed E-state index contributed by atoms with van der Waals surface area (Å²) in [5.74, 6) is 0.0778. The Balaban J connectivity index is 2.33. The number of sulfonamides is 1. The fourth-order valence-electron chi connectivity index (χ4n) is 1.84. The summed E-state index contributed by atoms with van der Waals surface area (Å²) in [5.41, 5.74) is 0.619. The summed E-state index contributed by atoms with van der Waals surface area (Å²) in [6, 6.07) is 1.61. The number of ether oxygens (including phenoxy) is 1. The van der Waals surface area contributed by atoms with Crippen LogP contribution in [0.4, 0.5) is 5.95 Å². The normalized spacial score (nSPS) is 19.8. The van der Waals surface area contributed by atoms with Crippen LogP contribution < -0.4 is 14.8 Å². The maximum atomic E-state index is 11.8. The van der Waals surface area contributed by atoms with Crippen molar-refractivity contribution in [3.05, 3.63) is 11.8 Å². The smallest absolute Gasteiger partial charge is 0.235 e. The van der Waals surface area contributed by atoms with E-state index in [1.807, 2.05) is 0 Å². The quantitative estimate of drug-likeness (QED) is 0.776. The molecular formula is C10H14N4O4S. The van der Waals surface area contributed by atoms with Crippen LogP contribution in [0.25, 0.3) is 0 Å². The number of hydrogen-bond donors (Lipinski definition) is 1. The first-order chi connectivity index (χ1) is 8.81. The van der Waals surface area contributed by atoms with E-state index in [-0.39, 0.29) is 24.8 Å². The molecule has 0 aromatic carbocycles. The second-order valence-electron chi connectivity index (χ2n) is 4.27. The Kier molecular flexibility index (Phi) is 3.42. The van der Waals surface area contributed by atoms with Crippen molar-refractivity contribution in [2.24, 2.45) is 5.14 Å². The molecule has 1 atom stereocenters. The topological polar surface area (TPSA) is 115 Å². The molecule has 1 aromatic heterocycles. The van der Waals surface area contributed by atoms with Crippen LogP contribution in [0, 0.1) is 6.92 Å². The van der Waals surface area contributed by atoms with Gasteiger partial charge in [-0.3, -0.25) is 9.69 Å². The van der Waals surface area contributed by atoms with Crippen molar-refractivity contribution < 1.29 is 17.9 Å². The molecule has 0 radical (unpaired) electrons. The Bertz CT molecular complexity index is 616. The number of methoxy groups -OCH3 is 1. The summed E-state index contributed by atoms with van der Waals surface area (Å²) in [7, 11) is -2.30. The van der Waals surface area contributed by atoms with Gasteiger partial charge in [0, 0.05) is 24.7 Å². The third-order valence-corrected chi connectivity index (χ3v) is 4.07. The van der Waals surface area contributed by atoms with Crippen LogP contribution in [0.15, 0.2) is 6.07 Å². The van der Waals surface area contributed by atoms with E-state index in [0.29, 0.717) is 11.6 Å². The molecule has 0 bridgehead atoms. The zero-order valence-electron chi connectivity index (χ0n) is 10.5. The fraction of sp³-hybridized carbons (Fsp3) is 0.500. The van der Waals surface area contributed by atoms with Crippen molar-refractivity contribution in [1.82, 2.24) is 9.97 Å². The van der Waals surface area contributed by atoms with Crippen molar-refractivity contribution in [3.63, 3.8) is 0 Å². The molecule has 2 N–H and O–H groups in total. The first-order valence-corrected chi connectivity index (χ1v) is 7.14. The number of aromatic nitrogens is 2. The average Bonchev–Trinajstić information content (AvgIpc) is 2.70. The summed E-state index contributed by atoms with van der Waals surface area (Å²) in [5, 5.41) is 4.14. The lowest BCUT2D eigenvalue weighted by atomic mass is 10.4. The molecule has 2 heterocycles. The van der Waals surface area contributed by atoms with Crippen molar-refractivity contribution >= 4 is 21.9 Å². The zero-order chi connectivity index (χ0) is 14.2. The van der Waals surface area contributed by atoms with Crippen molar-refractivity contribution in [2.45, 2.75) is 18.6 Å². The number of rotatable bonds is 3. The monoisotopic (exact) mass is 286 g/mol. The molecule has 0 saturated carbocycles. The first-order valence-electron chi connectivity index (χ1n) is 5.53. The van der Waals surface area contributed by atoms with Crippen LogP contribution >= 0.6 is 0 Å². The zero-order valence-corrected chi connectivity index (χ0v) is 11.3. The predicted octanol–water partition coefficient (Wildman–Crippen LogP) is -0.813. The van der Waals surface area contributed by atoms with Gasteiger partial charge in [-0.1, -0.05) is 0 Å². The van der Waals surface area contributed by atoms with E-state index in [2.05, 4.69) is 9.97 Å². The Hall–Kier alpha value is -1.74. The summed E-state index contributed by atoms with van der Waals surface area (Å²) < 4.78 is 27.6. The molecule has 1 unspecified atom stereocenters. The van der Waals surface area contributed by atoms with Crippen LogP contribution in [0.5, 0.6) is 5.88 Å². The highest BCUT2D eigenvalue weighted by Gasteiger charge is 2.38. The molecule has 0 aliphatic carbocycles. The number of nitrogens with two attached hydrogens (primary N) is 1. The molecule has 1 aromatic rings. The third-order valence-electron chi connectivity index (χ3n) is 2.82. The number of aryl methyl sites for hydroxylation is 1. The van der Waals surface area contributed by atoms with Gasteiger partial charge in [0.25, 0.3) is 0 Å². The molecule has 1 amide bonds. The minimum Gasteiger partial charge on any atom is -0.481 e. The lowest BCUT2D eigenvalue weighted by Crippen LogP contribution is -2.32. The standard InChI is InChI=1S/C10H14N4O4S/c1-6-3-8(18-2)13-10(12-6)14-5-7(4-9(14)15)19(11,16)17/h3,7H,4-5H2,1-2H3,(H2,11,16,17). The molecule has 2 rings (SSSR count). The number of carbonyl (C=O) groups is 1. The second kappa shape index (κ2) is 4.74. The molecule has 19 heavy (non-hydrogen) atoms. The summed E-state index contributed by atoms with van der Waals surface area (Å²) in [6.07, 6.45) is -0.154. The molecule has 8 nitrogen and oxygen atoms in total. The average molecular weight is 286 g/mol. The summed E-state index contributed by atoms with van der Waals surface area (Å²) in [4.78, 5) is 21.2. The van der Waals surface area contributed by atoms with Gasteiger partial charge in [-0.05, 0) is 6.92 Å². The summed E-state index contributed by atoms with van der Waals surface area (Å²) in [6.45, 7) is 1.69. The van der Waals surface area contributed by atoms with Gasteiger partial charge in [-0.15, -0.1) is 0 Å². The van der Waals surface area contributed by atoms with Crippen LogP contribution in [-0.2, 0) is 14.8 Å². The number of carbonyl (C=O) groups excluding carboxylic acids is 1. The summed E-state index contributed by atoms with van der Waals surface area (Å²) >= 11 is 0. The molecule has 0 spiro atoms. The van der Waals surface area contributed by atoms with Gasteiger partial charge in [-0.2, -0.15) is 4.98 Å². The van der Waals surface area contributed by atoms with Gasteiger partial charge in [0.2, 0.25) is 27.8 Å². The molecular weight excluding hydrogens is 272 g/mol. The number of amides is 1. The number of hydrogen-bond acceptors (Lipinski definition) is 6. The van der Waals surface area contributed by atoms with E-state index >= 15 is 0 Å². The molecule has 104 valence electrons. The molecule has 1 aliphatic rings. The van der Waals surface area contributed by atoms with Crippen molar-refractivity contribution in [2.75, 3.05) is 18.6 Å². The van der Waals surface area contributed by atoms with Crippen molar-refractivity contribution in [3.8, 4) is 5.88 Å². The molecule has 1 saturated heterocycles. The Morgan fingerprint density at radius 1 is 1.47 bits per heavy atom. The largest absolute Gasteiger partial charge is 0.481 e. The Morgan fingerprint density at radius 3 is 2.68 bits per heavy atom. The molecule has 1 aliphatic heterocycles. The fourth-order valence-corrected chi connectivity index (χ4v) is 2.57. The van der Waals surface area contributed by atoms with E-state index in [9.17, 15) is 13.2 Å². The molecule has 1 fully saturated rings. The third kappa shape index (κ3) is 2.82. The predicted molar refractivity (Wildman–Crippen MR) is 67.2 cm³/mol. The van der Waals surface area contributed by atoms with Gasteiger partial charge < -0.3 is 4.74 Å². The highest BCUT2D eigenvalue weighted by Crippen LogP contribution is 2.23. The van der Waals surface area contributed by atoms with Crippen molar-refractivity contribution in [1.29, 1.82) is 0 Å². The van der Waals surface area contributed by atoms with Gasteiger partial charge >= 0.3 is 0 Å². The van der Waals surface area contributed by atoms with Crippen LogP contribution in [0.3, 0.4) is 0 Å². The lowest BCUT2D eigenvalue weighted by Gasteiger charge is -2.15. The number of nitrogens with zero attached hydrogens (tertiary/aromatic N) is 3. The highest BCUT2D eigenvalue weighted by molar-refractivity contribution is 7.89. The minimum atomic E-state index is -3.75. The molecule has 9 heteroatoms. The van der Waals surface area contributed by atoms with Gasteiger partial charge in [0.15, 0.2) is 0 Å². The van der Waals surface area contributed by atoms with Gasteiger partial charge in [0.05, 0.1) is 7.11 Å². The van der Waals surface area contributed by atoms with E-state index < -0.39 is 15.3 Å². The Morgan fingerprint density at radius 2 is 2.16 bits per heavy atom. The van der Waals surface area contributed by atoms with Crippen LogP contribution in [0.2, 0.25) is 0 Å². The Labute approximate surface area is 110 Å². The van der Waals surface area contributed by atoms with E-state index in [1.165, 1.54) is 12.0 Å². The first kappa shape index (κ1) is 13.7. The maximum Gasteiger partial charge on any atom is 0.235 e. The van der Waals surface area contributed by atoms with Gasteiger partial charge in [0.1, 0.15) is 5.25 Å². The maximum absolute atomic E-state index is 11.8. The SMILES string of the molecule is COc1cc(C)nc(N2CC(S(N)(=O)=O)CC2=O)n1. The minimum absolute atomic E-state index is 0.0374.